The number of para-hydroxylation sites is 2. The van der Waals surface area contributed by atoms with Crippen LogP contribution in [0.2, 0.25) is 5.02 Å². The zero-order chi connectivity index (χ0) is 31.3. The molecular weight excluding hydrogens is 613 g/mol. The lowest BCUT2D eigenvalue weighted by atomic mass is 10.1. The van der Waals surface area contributed by atoms with Crippen molar-refractivity contribution in [2.75, 3.05) is 18.2 Å². The number of benzene rings is 3. The van der Waals surface area contributed by atoms with E-state index in [1.807, 2.05) is 0 Å². The van der Waals surface area contributed by atoms with Crippen LogP contribution in [0.15, 0.2) is 65.8 Å². The largest absolute Gasteiger partial charge is 0.495 e. The molecule has 1 heterocycles. The van der Waals surface area contributed by atoms with Gasteiger partial charge in [0, 0.05) is 17.2 Å². The molecule has 0 spiro atoms. The van der Waals surface area contributed by atoms with Gasteiger partial charge in [-0.1, -0.05) is 41.6 Å². The van der Waals surface area contributed by atoms with Crippen molar-refractivity contribution in [1.82, 2.24) is 20.1 Å². The number of alkyl halides is 3. The fourth-order valence-electron chi connectivity index (χ4n) is 4.00. The van der Waals surface area contributed by atoms with E-state index in [0.29, 0.717) is 11.4 Å². The van der Waals surface area contributed by atoms with Crippen LogP contribution in [0.25, 0.3) is 5.69 Å². The number of nitrogens with one attached hydrogen (secondary N) is 2. The first-order valence-corrected chi connectivity index (χ1v) is 13.7. The topological polar surface area (TPSA) is 141 Å². The highest BCUT2D eigenvalue weighted by atomic mass is 35.5. The number of amides is 2. The number of rotatable bonds is 10. The Hall–Kier alpha value is -4.63. The number of nitrogens with zero attached hydrogens (tertiary/aromatic N) is 4. The Labute approximate surface area is 251 Å². The number of ether oxygens (including phenoxy) is 1. The lowest BCUT2D eigenvalue weighted by Gasteiger charge is -2.14. The van der Waals surface area contributed by atoms with Gasteiger partial charge in [0.1, 0.15) is 5.75 Å². The summed E-state index contributed by atoms with van der Waals surface area (Å²) in [5.41, 5.74) is -0.588. The first-order chi connectivity index (χ1) is 20.4. The van der Waals surface area contributed by atoms with E-state index in [4.69, 9.17) is 16.3 Å². The van der Waals surface area contributed by atoms with Crippen LogP contribution in [0.1, 0.15) is 27.3 Å². The average molecular weight is 635 g/mol. The SMILES string of the molecule is COc1ccccc1-n1c(CNC(=O)c2cccc([N+](=O)[O-])c2C)nnc1SCC(=O)Nc1cc(C(F)(F)F)ccc1Cl. The molecule has 0 unspecified atom stereocenters. The third-order valence-electron chi connectivity index (χ3n) is 6.08. The monoisotopic (exact) mass is 634 g/mol. The maximum absolute atomic E-state index is 13.1. The molecule has 2 N–H and O–H groups in total. The number of anilines is 1. The van der Waals surface area contributed by atoms with Crippen LogP contribution < -0.4 is 15.4 Å². The molecule has 0 radical (unpaired) electrons. The molecule has 16 heteroatoms. The minimum absolute atomic E-state index is 0.0689. The summed E-state index contributed by atoms with van der Waals surface area (Å²) in [4.78, 5) is 36.3. The number of carbonyl (C=O) groups is 2. The third kappa shape index (κ3) is 7.24. The second kappa shape index (κ2) is 13.1. The van der Waals surface area contributed by atoms with Gasteiger partial charge in [-0.15, -0.1) is 10.2 Å². The Morgan fingerprint density at radius 1 is 1.12 bits per heavy atom. The summed E-state index contributed by atoms with van der Waals surface area (Å²) in [6, 6.07) is 13.6. The molecule has 0 fully saturated rings. The number of methoxy groups -OCH3 is 1. The standard InChI is InChI=1S/C27H22ClF3N6O5S/c1-15-17(6-5-8-20(15)37(40)41)25(39)32-13-23-34-35-26(36(23)21-7-3-4-9-22(21)42-2)43-14-24(38)33-19-12-16(27(29,30)31)10-11-18(19)28/h3-12H,13-14H2,1-2H3,(H,32,39)(H,33,38). The van der Waals surface area contributed by atoms with Gasteiger partial charge in [-0.05, 0) is 43.3 Å². The van der Waals surface area contributed by atoms with Crippen LogP contribution in [0, 0.1) is 17.0 Å². The van der Waals surface area contributed by atoms with Crippen molar-refractivity contribution in [3.63, 3.8) is 0 Å². The van der Waals surface area contributed by atoms with Crippen molar-refractivity contribution in [3.05, 3.63) is 98.3 Å². The molecule has 2 amide bonds. The van der Waals surface area contributed by atoms with Crippen LogP contribution in [0.4, 0.5) is 24.5 Å². The summed E-state index contributed by atoms with van der Waals surface area (Å²) in [6.45, 7) is 1.31. The maximum atomic E-state index is 13.1. The summed E-state index contributed by atoms with van der Waals surface area (Å²) in [5, 5.41) is 24.8. The molecule has 1 aromatic heterocycles. The second-order valence-electron chi connectivity index (χ2n) is 8.82. The van der Waals surface area contributed by atoms with Crippen molar-refractivity contribution < 1.29 is 32.4 Å². The molecule has 0 saturated heterocycles. The van der Waals surface area contributed by atoms with E-state index in [1.165, 1.54) is 32.2 Å². The van der Waals surface area contributed by atoms with Gasteiger partial charge in [0.2, 0.25) is 5.91 Å². The molecule has 0 aliphatic carbocycles. The molecule has 11 nitrogen and oxygen atoms in total. The maximum Gasteiger partial charge on any atom is 0.416 e. The van der Waals surface area contributed by atoms with Gasteiger partial charge in [-0.3, -0.25) is 24.3 Å². The number of halogens is 4. The highest BCUT2D eigenvalue weighted by Gasteiger charge is 2.31. The fraction of sp³-hybridized carbons (Fsp3) is 0.185. The highest BCUT2D eigenvalue weighted by molar-refractivity contribution is 7.99. The lowest BCUT2D eigenvalue weighted by molar-refractivity contribution is -0.385. The van der Waals surface area contributed by atoms with Crippen molar-refractivity contribution in [3.8, 4) is 11.4 Å². The fourth-order valence-corrected chi connectivity index (χ4v) is 4.93. The number of thioether (sulfide) groups is 1. The van der Waals surface area contributed by atoms with E-state index in [0.717, 1.165) is 30.0 Å². The van der Waals surface area contributed by atoms with E-state index < -0.39 is 28.5 Å². The van der Waals surface area contributed by atoms with Crippen molar-refractivity contribution in [1.29, 1.82) is 0 Å². The molecule has 0 aliphatic heterocycles. The zero-order valence-corrected chi connectivity index (χ0v) is 24.0. The van der Waals surface area contributed by atoms with Gasteiger partial charge in [0.25, 0.3) is 11.6 Å². The van der Waals surface area contributed by atoms with Gasteiger partial charge < -0.3 is 15.4 Å². The summed E-state index contributed by atoms with van der Waals surface area (Å²) in [6.07, 6.45) is -4.62. The second-order valence-corrected chi connectivity index (χ2v) is 10.2. The number of nitro groups is 1. The molecule has 224 valence electrons. The lowest BCUT2D eigenvalue weighted by Crippen LogP contribution is -2.25. The van der Waals surface area contributed by atoms with Gasteiger partial charge in [-0.2, -0.15) is 13.2 Å². The van der Waals surface area contributed by atoms with Gasteiger partial charge in [0.15, 0.2) is 11.0 Å². The van der Waals surface area contributed by atoms with E-state index in [2.05, 4.69) is 20.8 Å². The van der Waals surface area contributed by atoms with Crippen LogP contribution in [0.5, 0.6) is 5.75 Å². The van der Waals surface area contributed by atoms with Gasteiger partial charge in [0.05, 0.1) is 46.3 Å². The Morgan fingerprint density at radius 3 is 2.56 bits per heavy atom. The minimum Gasteiger partial charge on any atom is -0.495 e. The minimum atomic E-state index is -4.62. The molecule has 0 atom stereocenters. The normalized spacial score (nSPS) is 11.2. The first-order valence-electron chi connectivity index (χ1n) is 12.3. The van der Waals surface area contributed by atoms with Crippen LogP contribution in [-0.2, 0) is 17.5 Å². The third-order valence-corrected chi connectivity index (χ3v) is 7.34. The quantitative estimate of drug-likeness (QED) is 0.126. The Morgan fingerprint density at radius 2 is 1.86 bits per heavy atom. The van der Waals surface area contributed by atoms with E-state index >= 15 is 0 Å². The van der Waals surface area contributed by atoms with Gasteiger partial charge in [-0.25, -0.2) is 0 Å². The predicted octanol–water partition coefficient (Wildman–Crippen LogP) is 5.83. The number of aromatic nitrogens is 3. The molecule has 0 bridgehead atoms. The number of carbonyl (C=O) groups excluding carboxylic acids is 2. The summed E-state index contributed by atoms with van der Waals surface area (Å²) >= 11 is 6.92. The smallest absolute Gasteiger partial charge is 0.416 e. The van der Waals surface area contributed by atoms with E-state index in [9.17, 15) is 32.9 Å². The van der Waals surface area contributed by atoms with Crippen LogP contribution in [-0.4, -0.2) is 44.4 Å². The summed E-state index contributed by atoms with van der Waals surface area (Å²) < 4.78 is 46.3. The van der Waals surface area contributed by atoms with Gasteiger partial charge >= 0.3 is 6.18 Å². The molecule has 4 rings (SSSR count). The molecule has 0 aliphatic rings. The zero-order valence-electron chi connectivity index (χ0n) is 22.4. The molecule has 3 aromatic carbocycles. The van der Waals surface area contributed by atoms with Crippen molar-refractivity contribution >= 4 is 46.6 Å². The van der Waals surface area contributed by atoms with Crippen molar-refractivity contribution in [2.45, 2.75) is 24.8 Å². The first kappa shape index (κ1) is 31.3. The molecular formula is C27H22ClF3N6O5S. The van der Waals surface area contributed by atoms with E-state index in [1.54, 1.807) is 28.8 Å². The summed E-state index contributed by atoms with van der Waals surface area (Å²) in [5.74, 6) is -0.852. The predicted molar refractivity (Wildman–Crippen MR) is 153 cm³/mol. The Balaban J connectivity index is 1.57. The Bertz CT molecular complexity index is 1700. The van der Waals surface area contributed by atoms with Crippen molar-refractivity contribution in [2.24, 2.45) is 0 Å². The number of hydrogen-bond donors (Lipinski definition) is 2. The summed E-state index contributed by atoms with van der Waals surface area (Å²) in [7, 11) is 1.45. The highest BCUT2D eigenvalue weighted by Crippen LogP contribution is 2.34. The molecule has 43 heavy (non-hydrogen) atoms. The van der Waals surface area contributed by atoms with Crippen LogP contribution >= 0.6 is 23.4 Å². The van der Waals surface area contributed by atoms with E-state index in [-0.39, 0.29) is 50.8 Å². The Kier molecular flexibility index (Phi) is 9.56. The van der Waals surface area contributed by atoms with Crippen LogP contribution in [0.3, 0.4) is 0 Å². The average Bonchev–Trinajstić information content (AvgIpc) is 3.37. The number of nitro benzene ring substituents is 1. The molecule has 0 saturated carbocycles. The number of hydrogen-bond acceptors (Lipinski definition) is 8. The molecule has 4 aromatic rings.